The van der Waals surface area contributed by atoms with E-state index in [1.165, 1.54) is 11.3 Å². The molecule has 0 amide bonds. The van der Waals surface area contributed by atoms with E-state index in [1.807, 2.05) is 72.8 Å². The molecule has 0 spiro atoms. The van der Waals surface area contributed by atoms with Crippen molar-refractivity contribution in [3.05, 3.63) is 72.8 Å². The lowest BCUT2D eigenvalue weighted by molar-refractivity contribution is 0.669. The van der Waals surface area contributed by atoms with Crippen LogP contribution in [0.25, 0.3) is 87.4 Å². The minimum atomic E-state index is 0.0437. The molecular weight excluding hydrogens is 677 g/mol. The number of para-hydroxylation sites is 1. The molecule has 0 bridgehead atoms. The highest BCUT2D eigenvalue weighted by Gasteiger charge is 2.25. The normalized spacial score (nSPS) is 11.7. The van der Waals surface area contributed by atoms with E-state index >= 15 is 0 Å². The van der Waals surface area contributed by atoms with Gasteiger partial charge in [0, 0.05) is 36.9 Å². The van der Waals surface area contributed by atoms with Gasteiger partial charge in [-0.25, -0.2) is 15.0 Å². The van der Waals surface area contributed by atoms with Gasteiger partial charge in [-0.05, 0) is 40.1 Å². The molecular formula is C39H12B11N3OS. The number of hydrogen-bond acceptors (Lipinski definition) is 5. The Kier molecular flexibility index (Phi) is 8.51. The van der Waals surface area contributed by atoms with Crippen molar-refractivity contribution in [2.75, 3.05) is 0 Å². The Labute approximate surface area is 335 Å². The van der Waals surface area contributed by atoms with Crippen LogP contribution >= 0.6 is 11.3 Å². The van der Waals surface area contributed by atoms with Gasteiger partial charge in [0.1, 0.15) is 97.5 Å². The van der Waals surface area contributed by atoms with Crippen molar-refractivity contribution in [1.82, 2.24) is 15.0 Å². The lowest BCUT2D eigenvalue weighted by Crippen LogP contribution is -2.48. The van der Waals surface area contributed by atoms with E-state index in [2.05, 4.69) is 0 Å². The van der Waals surface area contributed by atoms with E-state index in [1.54, 1.807) is 0 Å². The second-order valence-electron chi connectivity index (χ2n) is 13.2. The van der Waals surface area contributed by atoms with Crippen molar-refractivity contribution in [3.63, 3.8) is 0 Å². The molecule has 4 nitrogen and oxygen atoms in total. The number of nitrogens with zero attached hydrogens (tertiary/aromatic N) is 3. The largest absolute Gasteiger partial charge is 0.456 e. The van der Waals surface area contributed by atoms with Gasteiger partial charge in [0.25, 0.3) is 0 Å². The predicted molar refractivity (Wildman–Crippen MR) is 241 cm³/mol. The quantitative estimate of drug-likeness (QED) is 0.193. The molecule has 9 rings (SSSR count). The van der Waals surface area contributed by atoms with Crippen LogP contribution in [0.1, 0.15) is 0 Å². The number of rotatable bonds is 4. The van der Waals surface area contributed by atoms with Gasteiger partial charge in [-0.1, -0.05) is 98.3 Å². The van der Waals surface area contributed by atoms with E-state index in [0.717, 1.165) is 21.9 Å². The maximum absolute atomic E-state index is 6.91. The second kappa shape index (κ2) is 13.1. The molecule has 16 heteroatoms. The molecule has 0 unspecified atom stereocenters. The first kappa shape index (κ1) is 35.7. The molecule has 22 radical (unpaired) electrons. The molecule has 0 aliphatic rings. The van der Waals surface area contributed by atoms with Gasteiger partial charge in [0.2, 0.25) is 0 Å². The Bertz CT molecular complexity index is 3100. The summed E-state index contributed by atoms with van der Waals surface area (Å²) in [5.74, 6) is 0.834. The highest BCUT2D eigenvalue weighted by Crippen LogP contribution is 2.36. The van der Waals surface area contributed by atoms with Gasteiger partial charge in [-0.15, -0.1) is 27.7 Å². The van der Waals surface area contributed by atoms with Crippen molar-refractivity contribution < 1.29 is 4.42 Å². The summed E-state index contributed by atoms with van der Waals surface area (Å²) in [7, 11) is 72.9. The Hall–Kier alpha value is -4.94. The third kappa shape index (κ3) is 5.31. The van der Waals surface area contributed by atoms with E-state index in [9.17, 15) is 0 Å². The summed E-state index contributed by atoms with van der Waals surface area (Å²) in [6.07, 6.45) is 0. The van der Waals surface area contributed by atoms with Crippen LogP contribution in [0.2, 0.25) is 0 Å². The van der Waals surface area contributed by atoms with Crippen molar-refractivity contribution >= 4 is 200 Å². The number of furan rings is 1. The summed E-state index contributed by atoms with van der Waals surface area (Å²) in [5, 5.41) is 2.87. The maximum atomic E-state index is 6.91. The molecule has 0 saturated heterocycles. The zero-order chi connectivity index (χ0) is 38.6. The summed E-state index contributed by atoms with van der Waals surface area (Å²) >= 11 is 1.23. The molecule has 9 aromatic rings. The van der Waals surface area contributed by atoms with Crippen LogP contribution in [0, 0.1) is 0 Å². The van der Waals surface area contributed by atoms with Gasteiger partial charge < -0.3 is 4.42 Å². The molecule has 3 heterocycles. The Balaban J connectivity index is 1.30. The first-order valence-electron chi connectivity index (χ1n) is 16.8. The van der Waals surface area contributed by atoms with E-state index in [-0.39, 0.29) is 77.0 Å². The Morgan fingerprint density at radius 1 is 0.382 bits per heavy atom. The summed E-state index contributed by atoms with van der Waals surface area (Å²) in [5.41, 5.74) is 4.74. The zero-order valence-electron chi connectivity index (χ0n) is 28.9. The van der Waals surface area contributed by atoms with E-state index < -0.39 is 0 Å². The molecule has 0 fully saturated rings. The van der Waals surface area contributed by atoms with Crippen molar-refractivity contribution in [2.24, 2.45) is 0 Å². The third-order valence-corrected chi connectivity index (χ3v) is 11.3. The van der Waals surface area contributed by atoms with Crippen molar-refractivity contribution in [3.8, 4) is 45.3 Å². The minimum absolute atomic E-state index is 0.0437. The molecule has 55 heavy (non-hydrogen) atoms. The lowest BCUT2D eigenvalue weighted by Gasteiger charge is -2.25. The van der Waals surface area contributed by atoms with Gasteiger partial charge in [-0.2, -0.15) is 0 Å². The summed E-state index contributed by atoms with van der Waals surface area (Å²) in [6.45, 7) is 0. The molecule has 0 aliphatic heterocycles. The summed E-state index contributed by atoms with van der Waals surface area (Å²) < 4.78 is 7.22. The number of hydrogen-bond donors (Lipinski definition) is 0. The fourth-order valence-corrected chi connectivity index (χ4v) is 8.55. The van der Waals surface area contributed by atoms with Gasteiger partial charge in [0.15, 0.2) is 17.5 Å². The van der Waals surface area contributed by atoms with Gasteiger partial charge in [0.05, 0.1) is 0 Å². The van der Waals surface area contributed by atoms with Crippen molar-refractivity contribution in [1.29, 1.82) is 0 Å². The number of aromatic nitrogens is 3. The predicted octanol–water partition coefficient (Wildman–Crippen LogP) is -2.46. The fourth-order valence-electron chi connectivity index (χ4n) is 7.18. The molecule has 0 saturated carbocycles. The lowest BCUT2D eigenvalue weighted by atomic mass is 9.60. The Morgan fingerprint density at radius 2 is 0.891 bits per heavy atom. The summed E-state index contributed by atoms with van der Waals surface area (Å²) in [6, 6.07) is 23.0. The molecule has 6 aromatic carbocycles. The van der Waals surface area contributed by atoms with Crippen LogP contribution in [0.5, 0.6) is 0 Å². The first-order chi connectivity index (χ1) is 26.4. The molecule has 0 N–H and O–H groups in total. The monoisotopic (exact) mass is 691 g/mol. The second-order valence-corrected chi connectivity index (χ2v) is 14.2. The van der Waals surface area contributed by atoms with Crippen LogP contribution in [0.4, 0.5) is 0 Å². The average Bonchev–Trinajstić information content (AvgIpc) is 3.78. The molecule has 228 valence electrons. The topological polar surface area (TPSA) is 51.8 Å². The van der Waals surface area contributed by atoms with E-state index in [4.69, 9.17) is 106 Å². The van der Waals surface area contributed by atoms with Gasteiger partial charge >= 0.3 is 0 Å². The minimum Gasteiger partial charge on any atom is -0.456 e. The number of benzene rings is 6. The van der Waals surface area contributed by atoms with Crippen LogP contribution in [-0.4, -0.2) is 101 Å². The molecule has 0 aliphatic carbocycles. The molecule has 0 atom stereocenters. The van der Waals surface area contributed by atoms with E-state index in [0.29, 0.717) is 48.5 Å². The SMILES string of the molecule is [B]c1c([B])c(-c2c([B])c([B])c([B])c3c2sc2c([B])c([B])c([B])c([B])c23)c([B])c([B])c1-c1nc(-c2ccccc2)nc(-c2ccc3c(c2)oc2ccccc23)n1. The van der Waals surface area contributed by atoms with Crippen LogP contribution in [-0.2, 0) is 0 Å². The zero-order valence-corrected chi connectivity index (χ0v) is 29.8. The first-order valence-corrected chi connectivity index (χ1v) is 17.6. The highest BCUT2D eigenvalue weighted by molar-refractivity contribution is 7.28. The number of thiophene rings is 1. The fraction of sp³-hybridized carbons (Fsp3) is 0. The smallest absolute Gasteiger partial charge is 0.164 e. The number of fused-ring (bicyclic) bond motifs is 6. The van der Waals surface area contributed by atoms with Gasteiger partial charge in [-0.3, -0.25) is 0 Å². The third-order valence-electron chi connectivity index (χ3n) is 10.1. The van der Waals surface area contributed by atoms with Crippen molar-refractivity contribution in [2.45, 2.75) is 0 Å². The maximum Gasteiger partial charge on any atom is 0.164 e. The average molecular weight is 690 g/mol. The molecule has 3 aromatic heterocycles. The van der Waals surface area contributed by atoms with Crippen LogP contribution in [0.15, 0.2) is 77.2 Å². The van der Waals surface area contributed by atoms with Crippen LogP contribution in [0.3, 0.4) is 0 Å². The Morgan fingerprint density at radius 3 is 1.58 bits per heavy atom. The van der Waals surface area contributed by atoms with Crippen LogP contribution < -0.4 is 60.1 Å². The summed E-state index contributed by atoms with van der Waals surface area (Å²) in [4.78, 5) is 14.6. The standard InChI is InChI=1S/C39H12B11N3OS/c40-24-19(20-26(42)31(47)27(43)21-22-28(44)32(48)33(49)34(50)36(22)55-35(20)21)25(41)30(46)23(29(24)45)39-52-37(13-6-2-1-3-7-13)51-38(53-39)14-10-11-16-15-8-4-5-9-17(15)54-18(16)12-14/h1-12H. The highest BCUT2D eigenvalue weighted by atomic mass is 32.1.